The summed E-state index contributed by atoms with van der Waals surface area (Å²) in [6, 6.07) is 10.9. The van der Waals surface area contributed by atoms with Gasteiger partial charge in [-0.1, -0.05) is 11.3 Å². The van der Waals surface area contributed by atoms with Gasteiger partial charge in [0.25, 0.3) is 0 Å². The molecule has 0 saturated heterocycles. The van der Waals surface area contributed by atoms with E-state index in [1.54, 1.807) is 37.1 Å². The third-order valence-electron chi connectivity index (χ3n) is 3.54. The van der Waals surface area contributed by atoms with Crippen LogP contribution < -0.4 is 14.2 Å². The molecule has 24 heavy (non-hydrogen) atoms. The summed E-state index contributed by atoms with van der Waals surface area (Å²) in [7, 11) is 0.502. The monoisotopic (exact) mass is 348 g/mol. The predicted octanol–water partition coefficient (Wildman–Crippen LogP) is 1.05. The summed E-state index contributed by atoms with van der Waals surface area (Å²) in [5.74, 6) is 1.27. The average Bonchev–Trinajstić information content (AvgIpc) is 3.02. The van der Waals surface area contributed by atoms with Crippen molar-refractivity contribution in [1.82, 2.24) is 19.7 Å². The van der Waals surface area contributed by atoms with Crippen molar-refractivity contribution in [3.63, 3.8) is 0 Å². The van der Waals surface area contributed by atoms with E-state index in [9.17, 15) is 8.42 Å². The maximum atomic E-state index is 10.6. The SMILES string of the molecule is COc1ccc2c(c1)nnn2-c1ccc(CN[SH](=O)=O)cc1OC. The van der Waals surface area contributed by atoms with Gasteiger partial charge in [-0.25, -0.2) is 17.8 Å². The molecule has 0 bridgehead atoms. The molecule has 0 atom stereocenters. The van der Waals surface area contributed by atoms with Gasteiger partial charge in [-0.3, -0.25) is 0 Å². The number of aromatic nitrogens is 3. The number of nitrogens with zero attached hydrogens (tertiary/aromatic N) is 3. The number of hydrogen-bond donors (Lipinski definition) is 2. The topological polar surface area (TPSA) is 95.3 Å². The van der Waals surface area contributed by atoms with Crippen LogP contribution in [0.15, 0.2) is 36.4 Å². The minimum Gasteiger partial charge on any atom is -0.497 e. The number of thiol groups is 1. The molecule has 1 N–H and O–H groups in total. The zero-order valence-electron chi connectivity index (χ0n) is 13.1. The fourth-order valence-corrected chi connectivity index (χ4v) is 2.68. The first-order chi connectivity index (χ1) is 11.6. The number of rotatable bonds is 6. The molecule has 0 fully saturated rings. The number of hydrogen-bond acceptors (Lipinski definition) is 6. The summed E-state index contributed by atoms with van der Waals surface area (Å²) in [5, 5.41) is 8.32. The van der Waals surface area contributed by atoms with Crippen molar-refractivity contribution in [2.24, 2.45) is 0 Å². The molecule has 3 aromatic rings. The molecule has 0 radical (unpaired) electrons. The van der Waals surface area contributed by atoms with Gasteiger partial charge in [-0.15, -0.1) is 5.10 Å². The first-order valence-corrected chi connectivity index (χ1v) is 8.25. The van der Waals surface area contributed by atoms with Crippen LogP contribution in [0.1, 0.15) is 5.56 Å². The van der Waals surface area contributed by atoms with Crippen molar-refractivity contribution >= 4 is 21.9 Å². The normalized spacial score (nSPS) is 11.1. The summed E-state index contributed by atoms with van der Waals surface area (Å²) in [4.78, 5) is 0. The number of nitrogens with one attached hydrogen (secondary N) is 1. The van der Waals surface area contributed by atoms with Crippen molar-refractivity contribution in [3.8, 4) is 17.2 Å². The van der Waals surface area contributed by atoms with Gasteiger partial charge < -0.3 is 9.47 Å². The molecular weight excluding hydrogens is 332 g/mol. The Morgan fingerprint density at radius 1 is 1.12 bits per heavy atom. The Labute approximate surface area is 140 Å². The molecule has 9 heteroatoms. The minimum atomic E-state index is -2.64. The molecule has 3 rings (SSSR count). The molecule has 1 heterocycles. The second-order valence-electron chi connectivity index (χ2n) is 4.95. The van der Waals surface area contributed by atoms with Gasteiger partial charge in [0.15, 0.2) is 0 Å². The van der Waals surface area contributed by atoms with Gasteiger partial charge >= 0.3 is 0 Å². The molecule has 126 valence electrons. The van der Waals surface area contributed by atoms with Crippen LogP contribution in [0.2, 0.25) is 0 Å². The molecular formula is C15H16N4O4S. The van der Waals surface area contributed by atoms with Crippen molar-refractivity contribution in [3.05, 3.63) is 42.0 Å². The van der Waals surface area contributed by atoms with Crippen LogP contribution in [0, 0.1) is 0 Å². The second-order valence-corrected chi connectivity index (χ2v) is 5.78. The predicted molar refractivity (Wildman–Crippen MR) is 89.1 cm³/mol. The zero-order valence-corrected chi connectivity index (χ0v) is 14.0. The van der Waals surface area contributed by atoms with Crippen LogP contribution in [0.3, 0.4) is 0 Å². The standard InChI is InChI=1S/C15H16N4O4S/c1-22-11-4-6-13-12(8-11)17-18-19(13)14-5-3-10(7-15(14)23-2)9-16-24(20)21/h3-8,24H,9H2,1-2H3,(H,16,20,21). The van der Waals surface area contributed by atoms with E-state index < -0.39 is 10.9 Å². The van der Waals surface area contributed by atoms with Crippen molar-refractivity contribution < 1.29 is 17.9 Å². The number of benzene rings is 2. The highest BCUT2D eigenvalue weighted by molar-refractivity contribution is 7.70. The second kappa shape index (κ2) is 6.85. The van der Waals surface area contributed by atoms with Crippen molar-refractivity contribution in [2.75, 3.05) is 14.2 Å². The lowest BCUT2D eigenvalue weighted by Gasteiger charge is -2.11. The van der Waals surface area contributed by atoms with E-state index in [2.05, 4.69) is 15.0 Å². The third-order valence-corrected chi connectivity index (χ3v) is 3.95. The van der Waals surface area contributed by atoms with Gasteiger partial charge in [0.05, 0.1) is 19.7 Å². The Kier molecular flexibility index (Phi) is 4.63. The van der Waals surface area contributed by atoms with Gasteiger partial charge in [-0.2, -0.15) is 0 Å². The third kappa shape index (κ3) is 3.17. The maximum Gasteiger partial charge on any atom is 0.201 e. The van der Waals surface area contributed by atoms with E-state index in [0.717, 1.165) is 11.1 Å². The van der Waals surface area contributed by atoms with E-state index in [1.807, 2.05) is 18.2 Å². The largest absolute Gasteiger partial charge is 0.497 e. The molecule has 8 nitrogen and oxygen atoms in total. The lowest BCUT2D eigenvalue weighted by molar-refractivity contribution is 0.411. The molecule has 0 spiro atoms. The zero-order chi connectivity index (χ0) is 17.1. The molecule has 0 aliphatic heterocycles. The Morgan fingerprint density at radius 2 is 1.96 bits per heavy atom. The maximum absolute atomic E-state index is 10.6. The average molecular weight is 348 g/mol. The summed E-state index contributed by atoms with van der Waals surface area (Å²) in [6.45, 7) is 0.199. The molecule has 0 aliphatic carbocycles. The molecule has 0 aliphatic rings. The Bertz CT molecular complexity index is 944. The summed E-state index contributed by atoms with van der Waals surface area (Å²) in [6.07, 6.45) is 0. The molecule has 0 amide bonds. The van der Waals surface area contributed by atoms with Crippen LogP contribution in [0.25, 0.3) is 16.7 Å². The summed E-state index contributed by atoms with van der Waals surface area (Å²) < 4.78 is 35.9. The van der Waals surface area contributed by atoms with E-state index in [-0.39, 0.29) is 6.54 Å². The van der Waals surface area contributed by atoms with Crippen LogP contribution in [-0.4, -0.2) is 37.6 Å². The number of ether oxygens (including phenoxy) is 2. The van der Waals surface area contributed by atoms with E-state index in [0.29, 0.717) is 22.7 Å². The van der Waals surface area contributed by atoms with E-state index in [4.69, 9.17) is 9.47 Å². The Morgan fingerprint density at radius 3 is 2.67 bits per heavy atom. The highest BCUT2D eigenvalue weighted by Crippen LogP contribution is 2.27. The fraction of sp³-hybridized carbons (Fsp3) is 0.200. The van der Waals surface area contributed by atoms with Crippen molar-refractivity contribution in [1.29, 1.82) is 0 Å². The van der Waals surface area contributed by atoms with Gasteiger partial charge in [0, 0.05) is 12.6 Å². The van der Waals surface area contributed by atoms with Gasteiger partial charge in [0.1, 0.15) is 22.7 Å². The number of methoxy groups -OCH3 is 2. The van der Waals surface area contributed by atoms with Gasteiger partial charge in [0.2, 0.25) is 10.9 Å². The number of fused-ring (bicyclic) bond motifs is 1. The van der Waals surface area contributed by atoms with E-state index in [1.165, 1.54) is 0 Å². The smallest absolute Gasteiger partial charge is 0.201 e. The van der Waals surface area contributed by atoms with Crippen LogP contribution >= 0.6 is 0 Å². The summed E-state index contributed by atoms with van der Waals surface area (Å²) >= 11 is 0. The molecule has 0 saturated carbocycles. The van der Waals surface area contributed by atoms with Crippen LogP contribution in [-0.2, 0) is 17.4 Å². The fourth-order valence-electron chi connectivity index (χ4n) is 2.37. The van der Waals surface area contributed by atoms with E-state index >= 15 is 0 Å². The Hall–Kier alpha value is -2.65. The lowest BCUT2D eigenvalue weighted by Crippen LogP contribution is -2.10. The Balaban J connectivity index is 2.02. The van der Waals surface area contributed by atoms with Crippen molar-refractivity contribution in [2.45, 2.75) is 6.54 Å². The first-order valence-electron chi connectivity index (χ1n) is 7.07. The van der Waals surface area contributed by atoms with Crippen LogP contribution in [0.4, 0.5) is 0 Å². The highest BCUT2D eigenvalue weighted by Gasteiger charge is 2.12. The first kappa shape index (κ1) is 16.2. The lowest BCUT2D eigenvalue weighted by atomic mass is 10.2. The molecule has 1 aromatic heterocycles. The van der Waals surface area contributed by atoms with Crippen LogP contribution in [0.5, 0.6) is 11.5 Å². The molecule has 0 unspecified atom stereocenters. The summed E-state index contributed by atoms with van der Waals surface area (Å²) in [5.41, 5.74) is 2.99. The van der Waals surface area contributed by atoms with Gasteiger partial charge in [-0.05, 0) is 29.8 Å². The highest BCUT2D eigenvalue weighted by atomic mass is 32.2. The quantitative estimate of drug-likeness (QED) is 0.647. The molecule has 2 aromatic carbocycles. The minimum absolute atomic E-state index is 0.199.